The Hall–Kier alpha value is -2.69. The number of nitrogens with zero attached hydrogens (tertiary/aromatic N) is 1. The minimum absolute atomic E-state index is 0.0626. The number of hydrogen-bond acceptors (Lipinski definition) is 6. The maximum absolute atomic E-state index is 12.9. The Kier molecular flexibility index (Phi) is 8.78. The van der Waals surface area contributed by atoms with Crippen molar-refractivity contribution >= 4 is 29.6 Å². The average molecular weight is 440 g/mol. The molecule has 0 bridgehead atoms. The third kappa shape index (κ3) is 6.91. The largest absolute Gasteiger partial charge is 0.481 e. The number of carbonyl (C=O) groups excluding carboxylic acids is 4. The van der Waals surface area contributed by atoms with Gasteiger partial charge >= 0.3 is 5.97 Å². The molecule has 0 radical (unpaired) electrons. The summed E-state index contributed by atoms with van der Waals surface area (Å²) in [4.78, 5) is 62.7. The van der Waals surface area contributed by atoms with Gasteiger partial charge in [-0.15, -0.1) is 0 Å². The molecule has 0 unspecified atom stereocenters. The molecule has 0 saturated carbocycles. The smallest absolute Gasteiger partial charge is 0.305 e. The zero-order valence-corrected chi connectivity index (χ0v) is 18.1. The Morgan fingerprint density at radius 1 is 1.10 bits per heavy atom. The van der Waals surface area contributed by atoms with Gasteiger partial charge in [-0.25, -0.2) is 0 Å². The number of carboxylic acid groups (broad SMARTS) is 1. The van der Waals surface area contributed by atoms with Crippen LogP contribution in [0.15, 0.2) is 0 Å². The number of nitrogens with two attached hydrogens (primary N) is 1. The fourth-order valence-electron chi connectivity index (χ4n) is 4.04. The van der Waals surface area contributed by atoms with E-state index in [1.807, 2.05) is 13.8 Å². The quantitative estimate of drug-likeness (QED) is 0.282. The van der Waals surface area contributed by atoms with E-state index in [1.165, 1.54) is 4.90 Å². The number of carboxylic acids is 1. The van der Waals surface area contributed by atoms with Gasteiger partial charge in [0.2, 0.25) is 23.6 Å². The summed E-state index contributed by atoms with van der Waals surface area (Å²) in [7, 11) is 0. The number of primary amides is 1. The second-order valence-corrected chi connectivity index (χ2v) is 8.59. The molecular weight excluding hydrogens is 406 g/mol. The Morgan fingerprint density at radius 2 is 1.81 bits per heavy atom. The lowest BCUT2D eigenvalue weighted by Crippen LogP contribution is -2.57. The van der Waals surface area contributed by atoms with Crippen LogP contribution in [0.1, 0.15) is 52.4 Å². The molecule has 0 spiro atoms. The van der Waals surface area contributed by atoms with Gasteiger partial charge in [-0.3, -0.25) is 24.0 Å². The van der Waals surface area contributed by atoms with Gasteiger partial charge in [-0.1, -0.05) is 13.8 Å². The third-order valence-electron chi connectivity index (χ3n) is 5.58. The van der Waals surface area contributed by atoms with E-state index < -0.39 is 48.2 Å². The van der Waals surface area contributed by atoms with Crippen LogP contribution in [0.3, 0.4) is 0 Å². The molecule has 31 heavy (non-hydrogen) atoms. The maximum Gasteiger partial charge on any atom is 0.305 e. The Labute approximate surface area is 181 Å². The Balaban J connectivity index is 2.07. The number of nitrogens with one attached hydrogen (secondary N) is 3. The van der Waals surface area contributed by atoms with Crippen LogP contribution in [0.5, 0.6) is 0 Å². The minimum Gasteiger partial charge on any atom is -0.481 e. The van der Waals surface area contributed by atoms with Crippen LogP contribution in [0.2, 0.25) is 0 Å². The fraction of sp³-hybridized carbons (Fsp3) is 0.750. The zero-order valence-electron chi connectivity index (χ0n) is 18.1. The number of carbonyl (C=O) groups is 5. The SMILES string of the molecule is CC(C)C[C@H](NC(=O)[C@H](CC(=O)O)NC(=O)[C@H]1CCCN1C(=O)[C@H]1CCCN1)C(N)=O. The van der Waals surface area contributed by atoms with E-state index in [2.05, 4.69) is 16.0 Å². The van der Waals surface area contributed by atoms with Gasteiger partial charge in [-0.05, 0) is 44.6 Å². The predicted molar refractivity (Wildman–Crippen MR) is 111 cm³/mol. The molecule has 11 nitrogen and oxygen atoms in total. The van der Waals surface area contributed by atoms with E-state index in [0.29, 0.717) is 25.8 Å². The summed E-state index contributed by atoms with van der Waals surface area (Å²) in [5.41, 5.74) is 5.34. The van der Waals surface area contributed by atoms with Gasteiger partial charge in [-0.2, -0.15) is 0 Å². The number of amides is 4. The lowest BCUT2D eigenvalue weighted by molar-refractivity contribution is -0.143. The summed E-state index contributed by atoms with van der Waals surface area (Å²) in [5.74, 6) is -3.49. The lowest BCUT2D eigenvalue weighted by atomic mass is 10.0. The van der Waals surface area contributed by atoms with Gasteiger partial charge in [0, 0.05) is 6.54 Å². The minimum atomic E-state index is -1.39. The maximum atomic E-state index is 12.9. The summed E-state index contributed by atoms with van der Waals surface area (Å²) >= 11 is 0. The highest BCUT2D eigenvalue weighted by atomic mass is 16.4. The first-order valence-electron chi connectivity index (χ1n) is 10.8. The van der Waals surface area contributed by atoms with Crippen LogP contribution in [-0.4, -0.2) is 76.9 Å². The standard InChI is InChI=1S/C20H33N5O6/c1-11(2)9-13(17(21)28)23-18(29)14(10-16(26)27)24-19(30)15-6-4-8-25(15)20(31)12-5-3-7-22-12/h11-15,22H,3-10H2,1-2H3,(H2,21,28)(H,23,29)(H,24,30)(H,26,27)/t12-,13+,14+,15-/m1/s1. The molecular formula is C20H33N5O6. The molecule has 0 aromatic rings. The molecule has 2 saturated heterocycles. The van der Waals surface area contributed by atoms with Gasteiger partial charge in [0.1, 0.15) is 18.1 Å². The van der Waals surface area contributed by atoms with Crippen LogP contribution in [0.4, 0.5) is 0 Å². The van der Waals surface area contributed by atoms with Crippen molar-refractivity contribution in [2.75, 3.05) is 13.1 Å². The van der Waals surface area contributed by atoms with Gasteiger partial charge in [0.15, 0.2) is 0 Å². The first-order valence-corrected chi connectivity index (χ1v) is 10.8. The Bertz CT molecular complexity index is 706. The van der Waals surface area contributed by atoms with Crippen LogP contribution in [0, 0.1) is 5.92 Å². The van der Waals surface area contributed by atoms with E-state index in [9.17, 15) is 29.1 Å². The molecule has 174 valence electrons. The van der Waals surface area contributed by atoms with E-state index in [0.717, 1.165) is 13.0 Å². The summed E-state index contributed by atoms with van der Waals surface area (Å²) in [6.45, 7) is 4.88. The number of hydrogen-bond donors (Lipinski definition) is 5. The van der Waals surface area contributed by atoms with E-state index >= 15 is 0 Å². The highest BCUT2D eigenvalue weighted by molar-refractivity contribution is 5.96. The molecule has 0 aromatic heterocycles. The van der Waals surface area contributed by atoms with Crippen molar-refractivity contribution < 1.29 is 29.1 Å². The van der Waals surface area contributed by atoms with Crippen molar-refractivity contribution in [3.63, 3.8) is 0 Å². The van der Waals surface area contributed by atoms with Crippen LogP contribution >= 0.6 is 0 Å². The summed E-state index contributed by atoms with van der Waals surface area (Å²) in [5, 5.41) is 17.2. The van der Waals surface area contributed by atoms with Crippen molar-refractivity contribution in [1.29, 1.82) is 0 Å². The topological polar surface area (TPSA) is 171 Å². The van der Waals surface area contributed by atoms with Crippen LogP contribution in [0.25, 0.3) is 0 Å². The molecule has 0 aromatic carbocycles. The fourth-order valence-corrected chi connectivity index (χ4v) is 4.04. The summed E-state index contributed by atoms with van der Waals surface area (Å²) in [6, 6.07) is -3.44. The molecule has 2 heterocycles. The van der Waals surface area contributed by atoms with Crippen molar-refractivity contribution in [3.8, 4) is 0 Å². The average Bonchev–Trinajstić information content (AvgIpc) is 3.37. The monoisotopic (exact) mass is 439 g/mol. The first-order chi connectivity index (χ1) is 14.6. The molecule has 4 atom stereocenters. The van der Waals surface area contributed by atoms with Crippen LogP contribution in [-0.2, 0) is 24.0 Å². The number of likely N-dealkylation sites (tertiary alicyclic amines) is 1. The molecule has 11 heteroatoms. The van der Waals surface area contributed by atoms with Gasteiger partial charge in [0.05, 0.1) is 12.5 Å². The Morgan fingerprint density at radius 3 is 2.35 bits per heavy atom. The molecule has 2 rings (SSSR count). The van der Waals surface area contributed by atoms with E-state index in [4.69, 9.17) is 5.73 Å². The summed E-state index contributed by atoms with van der Waals surface area (Å²) in [6.07, 6.45) is 2.30. The third-order valence-corrected chi connectivity index (χ3v) is 5.58. The molecule has 2 fully saturated rings. The first kappa shape index (κ1) is 24.6. The number of rotatable bonds is 10. The summed E-state index contributed by atoms with van der Waals surface area (Å²) < 4.78 is 0. The molecule has 2 aliphatic heterocycles. The van der Waals surface area contributed by atoms with Crippen molar-refractivity contribution in [1.82, 2.24) is 20.9 Å². The van der Waals surface area contributed by atoms with Crippen molar-refractivity contribution in [2.24, 2.45) is 11.7 Å². The van der Waals surface area contributed by atoms with Crippen molar-refractivity contribution in [2.45, 2.75) is 76.5 Å². The second-order valence-electron chi connectivity index (χ2n) is 8.59. The highest BCUT2D eigenvalue weighted by Gasteiger charge is 2.39. The van der Waals surface area contributed by atoms with Crippen molar-refractivity contribution in [3.05, 3.63) is 0 Å². The molecule has 2 aliphatic rings. The number of aliphatic carboxylic acids is 1. The predicted octanol–water partition coefficient (Wildman–Crippen LogP) is -1.29. The zero-order chi connectivity index (χ0) is 23.1. The second kappa shape index (κ2) is 11.1. The van der Waals surface area contributed by atoms with E-state index in [-0.39, 0.29) is 24.3 Å². The lowest BCUT2D eigenvalue weighted by Gasteiger charge is -2.28. The molecule has 0 aliphatic carbocycles. The molecule has 4 amide bonds. The van der Waals surface area contributed by atoms with Gasteiger partial charge in [0.25, 0.3) is 0 Å². The van der Waals surface area contributed by atoms with Gasteiger partial charge < -0.3 is 31.7 Å². The molecule has 6 N–H and O–H groups in total. The normalized spacial score (nSPS) is 22.7. The van der Waals surface area contributed by atoms with Crippen LogP contribution < -0.4 is 21.7 Å². The highest BCUT2D eigenvalue weighted by Crippen LogP contribution is 2.21. The van der Waals surface area contributed by atoms with E-state index in [1.54, 1.807) is 0 Å².